The summed E-state index contributed by atoms with van der Waals surface area (Å²) in [5.74, 6) is -2.01. The zero-order valence-electron chi connectivity index (χ0n) is 11.5. The zero-order chi connectivity index (χ0) is 16.1. The molecule has 1 amide bonds. The molecule has 5 nitrogen and oxygen atoms in total. The Morgan fingerprint density at radius 1 is 1.45 bits per heavy atom. The number of ether oxygens (including phenoxy) is 2. The van der Waals surface area contributed by atoms with Gasteiger partial charge in [-0.1, -0.05) is 0 Å². The lowest BCUT2D eigenvalue weighted by atomic mass is 9.94. The number of halogens is 3. The number of carbonyl (C=O) groups is 2. The molecule has 1 N–H and O–H groups in total. The van der Waals surface area contributed by atoms with Crippen molar-refractivity contribution < 1.29 is 32.2 Å². The first kappa shape index (κ1) is 14.7. The molecule has 1 aliphatic heterocycles. The summed E-state index contributed by atoms with van der Waals surface area (Å²) >= 11 is 0. The quantitative estimate of drug-likeness (QED) is 0.870. The van der Waals surface area contributed by atoms with E-state index in [2.05, 4.69) is 10.1 Å². The van der Waals surface area contributed by atoms with Gasteiger partial charge in [-0.2, -0.15) is 0 Å². The van der Waals surface area contributed by atoms with E-state index >= 15 is 0 Å². The van der Waals surface area contributed by atoms with Crippen molar-refractivity contribution >= 4 is 17.6 Å². The number of fused-ring (bicyclic) bond motifs is 2. The highest BCUT2D eigenvalue weighted by molar-refractivity contribution is 6.12. The third kappa shape index (κ3) is 2.18. The number of hydrogen-bond acceptors (Lipinski definition) is 4. The van der Waals surface area contributed by atoms with Crippen LogP contribution in [0.1, 0.15) is 18.9 Å². The molecule has 0 radical (unpaired) electrons. The number of esters is 1. The number of nitrogens with one attached hydrogen (secondary N) is 1. The second-order valence-electron chi connectivity index (χ2n) is 5.19. The van der Waals surface area contributed by atoms with Gasteiger partial charge < -0.3 is 14.8 Å². The predicted octanol–water partition coefficient (Wildman–Crippen LogP) is 2.36. The van der Waals surface area contributed by atoms with Crippen LogP contribution in [0.2, 0.25) is 0 Å². The molecule has 1 saturated carbocycles. The standard InChI is InChI=1S/C14H12F3NO4/c1-2-21-11(19)9-6-13(9)8-5-7(22-14(15,16)17)3-4-10(8)18-12(13)20/h3-5,9H,2,6H2,1H3,(H,18,20)/t9-,13-/m1/s1. The molecule has 1 aromatic rings. The van der Waals surface area contributed by atoms with Crippen molar-refractivity contribution in [1.29, 1.82) is 0 Å². The highest BCUT2D eigenvalue weighted by Gasteiger charge is 2.68. The van der Waals surface area contributed by atoms with Gasteiger partial charge in [-0.05, 0) is 37.1 Å². The lowest BCUT2D eigenvalue weighted by molar-refractivity contribution is -0.274. The van der Waals surface area contributed by atoms with Crippen LogP contribution < -0.4 is 10.1 Å². The van der Waals surface area contributed by atoms with Gasteiger partial charge in [0.2, 0.25) is 5.91 Å². The summed E-state index contributed by atoms with van der Waals surface area (Å²) in [6.07, 6.45) is -4.60. The number of anilines is 1. The number of benzene rings is 1. The summed E-state index contributed by atoms with van der Waals surface area (Å²) in [7, 11) is 0. The van der Waals surface area contributed by atoms with Gasteiger partial charge >= 0.3 is 12.3 Å². The highest BCUT2D eigenvalue weighted by atomic mass is 19.4. The SMILES string of the molecule is CCOC(=O)[C@H]1C[C@]12C(=O)Nc1ccc(OC(F)(F)F)cc12. The van der Waals surface area contributed by atoms with Gasteiger partial charge in [0.15, 0.2) is 0 Å². The van der Waals surface area contributed by atoms with Gasteiger partial charge in [0, 0.05) is 5.69 Å². The Morgan fingerprint density at radius 3 is 2.82 bits per heavy atom. The van der Waals surface area contributed by atoms with Crippen molar-refractivity contribution in [3.8, 4) is 5.75 Å². The number of carbonyl (C=O) groups excluding carboxylic acids is 2. The third-order valence-electron chi connectivity index (χ3n) is 3.89. The molecule has 1 aliphatic carbocycles. The van der Waals surface area contributed by atoms with Crippen molar-refractivity contribution in [1.82, 2.24) is 0 Å². The summed E-state index contributed by atoms with van der Waals surface area (Å²) in [5, 5.41) is 2.58. The average molecular weight is 315 g/mol. The van der Waals surface area contributed by atoms with Crippen molar-refractivity contribution in [2.75, 3.05) is 11.9 Å². The Hall–Kier alpha value is -2.25. The summed E-state index contributed by atoms with van der Waals surface area (Å²) in [4.78, 5) is 24.0. The molecule has 0 saturated heterocycles. The molecule has 1 heterocycles. The third-order valence-corrected chi connectivity index (χ3v) is 3.89. The van der Waals surface area contributed by atoms with E-state index in [1.165, 1.54) is 6.07 Å². The van der Waals surface area contributed by atoms with Gasteiger partial charge in [0.25, 0.3) is 0 Å². The Balaban J connectivity index is 1.93. The van der Waals surface area contributed by atoms with Crippen LogP contribution in [0.5, 0.6) is 5.75 Å². The Labute approximate surface area is 123 Å². The van der Waals surface area contributed by atoms with Gasteiger partial charge in [-0.3, -0.25) is 9.59 Å². The second-order valence-corrected chi connectivity index (χ2v) is 5.19. The van der Waals surface area contributed by atoms with E-state index in [0.717, 1.165) is 12.1 Å². The molecule has 2 aliphatic rings. The summed E-state index contributed by atoms with van der Waals surface area (Å²) in [6.45, 7) is 1.82. The summed E-state index contributed by atoms with van der Waals surface area (Å²) in [5.41, 5.74) is -0.393. The summed E-state index contributed by atoms with van der Waals surface area (Å²) in [6, 6.07) is 3.61. The minimum Gasteiger partial charge on any atom is -0.466 e. The molecule has 0 aromatic heterocycles. The maximum Gasteiger partial charge on any atom is 0.573 e. The largest absolute Gasteiger partial charge is 0.573 e. The minimum absolute atomic E-state index is 0.178. The fraction of sp³-hybridized carbons (Fsp3) is 0.429. The number of rotatable bonds is 3. The second kappa shape index (κ2) is 4.62. The van der Waals surface area contributed by atoms with Crippen LogP contribution in [0.15, 0.2) is 18.2 Å². The number of alkyl halides is 3. The van der Waals surface area contributed by atoms with E-state index in [4.69, 9.17) is 4.74 Å². The van der Waals surface area contributed by atoms with Crippen LogP contribution in [-0.4, -0.2) is 24.8 Å². The molecule has 1 aromatic carbocycles. The first-order chi connectivity index (χ1) is 10.3. The monoisotopic (exact) mass is 315 g/mol. The van der Waals surface area contributed by atoms with Gasteiger partial charge in [-0.25, -0.2) is 0 Å². The van der Waals surface area contributed by atoms with Crippen LogP contribution in [0.3, 0.4) is 0 Å². The molecule has 22 heavy (non-hydrogen) atoms. The lowest BCUT2D eigenvalue weighted by Gasteiger charge is -2.12. The predicted molar refractivity (Wildman–Crippen MR) is 68.2 cm³/mol. The first-order valence-electron chi connectivity index (χ1n) is 6.66. The van der Waals surface area contributed by atoms with E-state index in [-0.39, 0.29) is 13.0 Å². The van der Waals surface area contributed by atoms with E-state index in [9.17, 15) is 22.8 Å². The average Bonchev–Trinajstić information content (AvgIpc) is 3.09. The van der Waals surface area contributed by atoms with Crippen LogP contribution in [0, 0.1) is 5.92 Å². The maximum atomic E-state index is 12.3. The molecule has 1 fully saturated rings. The summed E-state index contributed by atoms with van der Waals surface area (Å²) < 4.78 is 45.7. The molecular formula is C14H12F3NO4. The number of amides is 1. The molecular weight excluding hydrogens is 303 g/mol. The van der Waals surface area contributed by atoms with Crippen LogP contribution in [0.4, 0.5) is 18.9 Å². The molecule has 8 heteroatoms. The lowest BCUT2D eigenvalue weighted by Crippen LogP contribution is -2.25. The van der Waals surface area contributed by atoms with E-state index in [1.807, 2.05) is 0 Å². The van der Waals surface area contributed by atoms with E-state index in [0.29, 0.717) is 11.3 Å². The normalized spacial score (nSPS) is 25.6. The van der Waals surface area contributed by atoms with E-state index < -0.39 is 35.3 Å². The smallest absolute Gasteiger partial charge is 0.466 e. The Kier molecular flexibility index (Phi) is 3.08. The van der Waals surface area contributed by atoms with Crippen molar-refractivity contribution in [2.45, 2.75) is 25.1 Å². The van der Waals surface area contributed by atoms with Gasteiger partial charge in [0.05, 0.1) is 17.9 Å². The van der Waals surface area contributed by atoms with Crippen LogP contribution >= 0.6 is 0 Å². The van der Waals surface area contributed by atoms with Gasteiger partial charge in [-0.15, -0.1) is 13.2 Å². The minimum atomic E-state index is -4.82. The molecule has 2 atom stereocenters. The molecule has 0 bridgehead atoms. The van der Waals surface area contributed by atoms with Crippen molar-refractivity contribution in [2.24, 2.45) is 5.92 Å². The molecule has 1 spiro atoms. The first-order valence-corrected chi connectivity index (χ1v) is 6.66. The van der Waals surface area contributed by atoms with Crippen LogP contribution in [-0.2, 0) is 19.7 Å². The molecule has 3 rings (SSSR count). The Morgan fingerprint density at radius 2 is 2.18 bits per heavy atom. The van der Waals surface area contributed by atoms with Crippen LogP contribution in [0.25, 0.3) is 0 Å². The van der Waals surface area contributed by atoms with Crippen molar-refractivity contribution in [3.63, 3.8) is 0 Å². The Bertz CT molecular complexity index is 658. The fourth-order valence-corrected chi connectivity index (χ4v) is 2.89. The highest BCUT2D eigenvalue weighted by Crippen LogP contribution is 2.60. The molecule has 118 valence electrons. The number of hydrogen-bond donors (Lipinski definition) is 1. The van der Waals surface area contributed by atoms with Gasteiger partial charge in [0.1, 0.15) is 5.75 Å². The maximum absolute atomic E-state index is 12.3. The van der Waals surface area contributed by atoms with Crippen molar-refractivity contribution in [3.05, 3.63) is 23.8 Å². The zero-order valence-corrected chi connectivity index (χ0v) is 11.5. The fourth-order valence-electron chi connectivity index (χ4n) is 2.89. The molecule has 0 unspecified atom stereocenters. The topological polar surface area (TPSA) is 64.6 Å². The van der Waals surface area contributed by atoms with E-state index in [1.54, 1.807) is 6.92 Å².